The third-order valence-corrected chi connectivity index (χ3v) is 4.32. The number of aryl methyl sites for hydroxylation is 1. The molecule has 1 saturated heterocycles. The van der Waals surface area contributed by atoms with Crippen LogP contribution in [0.2, 0.25) is 0 Å². The van der Waals surface area contributed by atoms with E-state index in [0.29, 0.717) is 0 Å². The molecule has 126 valence electrons. The Hall–Kier alpha value is -2.63. The van der Waals surface area contributed by atoms with Crippen molar-refractivity contribution in [2.24, 2.45) is 0 Å². The van der Waals surface area contributed by atoms with Crippen LogP contribution in [0, 0.1) is 6.92 Å². The van der Waals surface area contributed by atoms with Crippen LogP contribution in [0.25, 0.3) is 0 Å². The molecule has 24 heavy (non-hydrogen) atoms. The van der Waals surface area contributed by atoms with Gasteiger partial charge in [-0.3, -0.25) is 9.36 Å². The van der Waals surface area contributed by atoms with Gasteiger partial charge in [0.05, 0.1) is 0 Å². The Balaban J connectivity index is 1.51. The van der Waals surface area contributed by atoms with Gasteiger partial charge in [-0.05, 0) is 43.5 Å². The van der Waals surface area contributed by atoms with Crippen LogP contribution >= 0.6 is 0 Å². The lowest BCUT2D eigenvalue weighted by Gasteiger charge is -2.34. The van der Waals surface area contributed by atoms with Crippen molar-refractivity contribution >= 4 is 11.6 Å². The molecule has 0 radical (unpaired) electrons. The van der Waals surface area contributed by atoms with Crippen LogP contribution in [-0.4, -0.2) is 34.6 Å². The van der Waals surface area contributed by atoms with E-state index < -0.39 is 5.69 Å². The largest absolute Gasteiger partial charge is 0.371 e. The molecule has 6 nitrogen and oxygen atoms in total. The topological polar surface area (TPSA) is 67.2 Å². The van der Waals surface area contributed by atoms with Gasteiger partial charge >= 0.3 is 5.69 Å². The lowest BCUT2D eigenvalue weighted by molar-refractivity contribution is -0.122. The molecule has 1 aliphatic heterocycles. The van der Waals surface area contributed by atoms with Gasteiger partial charge in [0, 0.05) is 37.2 Å². The zero-order valence-corrected chi connectivity index (χ0v) is 13.8. The second kappa shape index (κ2) is 7.29. The predicted octanol–water partition coefficient (Wildman–Crippen LogP) is 1.34. The number of amides is 1. The fourth-order valence-electron chi connectivity index (χ4n) is 3.04. The molecule has 0 atom stereocenters. The second-order valence-electron chi connectivity index (χ2n) is 6.20. The number of benzene rings is 1. The average Bonchev–Trinajstić information content (AvgIpc) is 2.58. The van der Waals surface area contributed by atoms with Crippen LogP contribution < -0.4 is 15.9 Å². The van der Waals surface area contributed by atoms with Crippen molar-refractivity contribution in [1.29, 1.82) is 0 Å². The number of rotatable bonds is 4. The van der Waals surface area contributed by atoms with Gasteiger partial charge in [0.1, 0.15) is 6.54 Å². The monoisotopic (exact) mass is 326 g/mol. The molecule has 1 aliphatic rings. The summed E-state index contributed by atoms with van der Waals surface area (Å²) < 4.78 is 1.32. The van der Waals surface area contributed by atoms with Gasteiger partial charge in [-0.1, -0.05) is 12.1 Å². The first-order valence-electron chi connectivity index (χ1n) is 8.24. The molecule has 0 saturated carbocycles. The molecule has 0 unspecified atom stereocenters. The molecule has 1 aromatic carbocycles. The highest BCUT2D eigenvalue weighted by molar-refractivity contribution is 5.76. The molecule has 0 spiro atoms. The summed E-state index contributed by atoms with van der Waals surface area (Å²) in [5.74, 6) is -0.140. The highest BCUT2D eigenvalue weighted by Gasteiger charge is 2.21. The van der Waals surface area contributed by atoms with Gasteiger partial charge in [-0.2, -0.15) is 0 Å². The van der Waals surface area contributed by atoms with Crippen LogP contribution in [0.1, 0.15) is 18.4 Å². The predicted molar refractivity (Wildman–Crippen MR) is 93.1 cm³/mol. The number of aromatic nitrogens is 2. The Bertz CT molecular complexity index is 763. The van der Waals surface area contributed by atoms with Gasteiger partial charge in [-0.25, -0.2) is 9.78 Å². The van der Waals surface area contributed by atoms with Gasteiger partial charge < -0.3 is 10.2 Å². The molecule has 0 aliphatic carbocycles. The molecular weight excluding hydrogens is 304 g/mol. The minimum Gasteiger partial charge on any atom is -0.371 e. The zero-order chi connectivity index (χ0) is 16.9. The number of carbonyl (C=O) groups is 1. The number of nitrogens with one attached hydrogen (secondary N) is 1. The number of hydrogen-bond acceptors (Lipinski definition) is 4. The maximum Gasteiger partial charge on any atom is 0.347 e. The smallest absolute Gasteiger partial charge is 0.347 e. The normalized spacial score (nSPS) is 15.3. The van der Waals surface area contributed by atoms with Crippen molar-refractivity contribution in [3.63, 3.8) is 0 Å². The third-order valence-electron chi connectivity index (χ3n) is 4.32. The van der Waals surface area contributed by atoms with E-state index in [4.69, 9.17) is 0 Å². The maximum absolute atomic E-state index is 12.1. The molecule has 0 bridgehead atoms. The Morgan fingerprint density at radius 2 is 2.08 bits per heavy atom. The minimum atomic E-state index is -0.401. The Labute approximate surface area is 141 Å². The highest BCUT2D eigenvalue weighted by Crippen LogP contribution is 2.20. The standard InChI is InChI=1S/C18H22N4O2/c1-14-4-2-5-16(12-14)21-10-6-15(7-11-21)20-17(23)13-22-9-3-8-19-18(22)24/h2-5,8-9,12,15H,6-7,10-11,13H2,1H3,(H,20,23). The Kier molecular flexibility index (Phi) is 4.93. The van der Waals surface area contributed by atoms with E-state index in [1.807, 2.05) is 0 Å². The molecule has 3 rings (SSSR count). The van der Waals surface area contributed by atoms with E-state index in [2.05, 4.69) is 46.4 Å². The Morgan fingerprint density at radius 3 is 2.79 bits per heavy atom. The molecule has 1 aromatic heterocycles. The van der Waals surface area contributed by atoms with E-state index in [1.54, 1.807) is 12.3 Å². The third kappa shape index (κ3) is 4.01. The summed E-state index contributed by atoms with van der Waals surface area (Å²) in [6.45, 7) is 3.95. The van der Waals surface area contributed by atoms with Gasteiger partial charge in [-0.15, -0.1) is 0 Å². The zero-order valence-electron chi connectivity index (χ0n) is 13.8. The van der Waals surface area contributed by atoms with Crippen LogP contribution in [0.4, 0.5) is 5.69 Å². The van der Waals surface area contributed by atoms with Crippen LogP contribution in [-0.2, 0) is 11.3 Å². The van der Waals surface area contributed by atoms with E-state index in [0.717, 1.165) is 25.9 Å². The van der Waals surface area contributed by atoms with Crippen molar-refractivity contribution in [2.75, 3.05) is 18.0 Å². The summed E-state index contributed by atoms with van der Waals surface area (Å²) in [5.41, 5.74) is 2.09. The molecular formula is C18H22N4O2. The van der Waals surface area contributed by atoms with Crippen molar-refractivity contribution in [3.05, 3.63) is 58.8 Å². The number of hydrogen-bond donors (Lipinski definition) is 1. The van der Waals surface area contributed by atoms with Crippen molar-refractivity contribution in [1.82, 2.24) is 14.9 Å². The van der Waals surface area contributed by atoms with Gasteiger partial charge in [0.2, 0.25) is 5.91 Å². The van der Waals surface area contributed by atoms with Crippen LogP contribution in [0.3, 0.4) is 0 Å². The van der Waals surface area contributed by atoms with E-state index in [1.165, 1.54) is 22.0 Å². The first-order valence-corrected chi connectivity index (χ1v) is 8.24. The highest BCUT2D eigenvalue weighted by atomic mass is 16.2. The lowest BCUT2D eigenvalue weighted by atomic mass is 10.0. The number of piperidine rings is 1. The van der Waals surface area contributed by atoms with Crippen LogP contribution in [0.5, 0.6) is 0 Å². The van der Waals surface area contributed by atoms with Gasteiger partial charge in [0.25, 0.3) is 0 Å². The summed E-state index contributed by atoms with van der Waals surface area (Å²) in [5, 5.41) is 3.02. The first kappa shape index (κ1) is 16.2. The molecule has 1 amide bonds. The van der Waals surface area contributed by atoms with E-state index in [-0.39, 0.29) is 18.5 Å². The second-order valence-corrected chi connectivity index (χ2v) is 6.20. The summed E-state index contributed by atoms with van der Waals surface area (Å²) in [4.78, 5) is 29.7. The molecule has 1 fully saturated rings. The summed E-state index contributed by atoms with van der Waals surface area (Å²) in [6, 6.07) is 10.3. The maximum atomic E-state index is 12.1. The summed E-state index contributed by atoms with van der Waals surface area (Å²) in [7, 11) is 0. The number of carbonyl (C=O) groups excluding carboxylic acids is 1. The fraction of sp³-hybridized carbons (Fsp3) is 0.389. The number of nitrogens with zero attached hydrogens (tertiary/aromatic N) is 3. The molecule has 2 aromatic rings. The molecule has 1 N–H and O–H groups in total. The van der Waals surface area contributed by atoms with Gasteiger partial charge in [0.15, 0.2) is 0 Å². The van der Waals surface area contributed by atoms with E-state index >= 15 is 0 Å². The number of anilines is 1. The lowest BCUT2D eigenvalue weighted by Crippen LogP contribution is -2.46. The fourth-order valence-corrected chi connectivity index (χ4v) is 3.04. The summed E-state index contributed by atoms with van der Waals surface area (Å²) >= 11 is 0. The molecule has 6 heteroatoms. The average molecular weight is 326 g/mol. The van der Waals surface area contributed by atoms with Crippen molar-refractivity contribution in [2.45, 2.75) is 32.4 Å². The molecule has 2 heterocycles. The minimum absolute atomic E-state index is 0.0186. The van der Waals surface area contributed by atoms with E-state index in [9.17, 15) is 9.59 Å². The quantitative estimate of drug-likeness (QED) is 0.921. The van der Waals surface area contributed by atoms with Crippen LogP contribution in [0.15, 0.2) is 47.5 Å². The SMILES string of the molecule is Cc1cccc(N2CCC(NC(=O)Cn3cccnc3=O)CC2)c1. The summed E-state index contributed by atoms with van der Waals surface area (Å²) in [6.07, 6.45) is 4.82. The van der Waals surface area contributed by atoms with Crippen molar-refractivity contribution in [3.8, 4) is 0 Å². The first-order chi connectivity index (χ1) is 11.6. The Morgan fingerprint density at radius 1 is 1.29 bits per heavy atom. The van der Waals surface area contributed by atoms with Crippen molar-refractivity contribution < 1.29 is 4.79 Å².